The maximum atomic E-state index is 12.3. The van der Waals surface area contributed by atoms with Crippen molar-refractivity contribution < 1.29 is 24.5 Å². The summed E-state index contributed by atoms with van der Waals surface area (Å²) in [5, 5.41) is 21.0. The van der Waals surface area contributed by atoms with E-state index in [2.05, 4.69) is 171 Å². The minimum atomic E-state index is -0.294. The lowest BCUT2D eigenvalue weighted by Gasteiger charge is -2.62. The third-order valence-corrected chi connectivity index (χ3v) is 45.4. The van der Waals surface area contributed by atoms with Crippen LogP contribution in [0.5, 0.6) is 0 Å². The number of aldehydes is 1. The number of carbonyl (C=O) groups is 2. The zero-order valence-corrected chi connectivity index (χ0v) is 86.7. The minimum Gasteiger partial charge on any atom is -0.469 e. The Balaban J connectivity index is 0.000000108. The lowest BCUT2D eigenvalue weighted by Crippen LogP contribution is -2.57. The molecule has 5 nitrogen and oxygen atoms in total. The number of esters is 1. The maximum Gasteiger partial charge on any atom is 0.311 e. The molecule has 23 saturated carbocycles. The average molecular weight is 1780 g/mol. The average Bonchev–Trinajstić information content (AvgIpc) is 1.04. The van der Waals surface area contributed by atoms with Crippen molar-refractivity contribution in [3.63, 3.8) is 0 Å². The first-order valence-electron chi connectivity index (χ1n) is 57.1. The third-order valence-electron chi connectivity index (χ3n) is 45.4. The Morgan fingerprint density at radius 2 is 1.05 bits per heavy atom. The Bertz CT molecular complexity index is 3990. The molecule has 130 heavy (non-hydrogen) atoms. The van der Waals surface area contributed by atoms with Crippen molar-refractivity contribution in [1.29, 1.82) is 0 Å². The standard InChI is InChI=1S/C18H28.C17H26O2.C17H26O.C15H24O.C14H22O.C12H20.2C11H18.C10H16/c1-12-3-5-15(6-4-12)18(2)16-8-13-7-14(10-16)11-17(18)9-13;1-4-5-6-16(2)13-7-12-8-14(16)11-17(9-12,10-13)15(18)19-3;1-17(10-13-4-2-3-5-13)11-15-8-14(6-7-18)9-16(15)12-17;1-10-5-3-8-13(10)15(2)9-11-6-4-7-12(11)14(15)16;1-13(11-5-3-2-4-6-11)10-14(15)8-7-12(13)9-14;1-3-4-7-12(2)9-10-5-6-11(12)8-10;1-3-11(2)7-9-5-4-6-10(9)8-11;1-3-11(2)8-7-9-5-4-6-10(9)11;1-3-10(2)7-8-4-5-9(10)6-8/h5,12-14,16-17H,3-4,6-11H2,1-2H3;5-6,12-14H,4,7-11H2,1-3H3;7,10,14-16H,2-6,8-9,11-12H2,1H3;11-12,14,16H,3-9H2,1-2H3;5,12,15H,2-4,6-10H2,1H3;4,7,10-11H,3,5-6,8-9H2,1-2H3;2*3,9-10H,1,4-8H2,2H3;3,8-9H,1,4-7H2,2H3/b;6-5-;;;;7-4+;;;. The van der Waals surface area contributed by atoms with Gasteiger partial charge in [0, 0.05) is 11.8 Å². The third kappa shape index (κ3) is 20.7. The number of aliphatic hydroxyl groups excluding tert-OH is 1. The van der Waals surface area contributed by atoms with Gasteiger partial charge in [0.15, 0.2) is 0 Å². The summed E-state index contributed by atoms with van der Waals surface area (Å²) < 4.78 is 5.13. The molecule has 23 unspecified atom stereocenters. The molecule has 26 aliphatic carbocycles. The van der Waals surface area contributed by atoms with Gasteiger partial charge in [-0.25, -0.2) is 0 Å². The molecule has 26 aliphatic rings. The number of rotatable bonds is 14. The lowest BCUT2D eigenvalue weighted by molar-refractivity contribution is -0.180. The van der Waals surface area contributed by atoms with E-state index < -0.39 is 0 Å². The normalized spacial score (nSPS) is 48.7. The Morgan fingerprint density at radius 3 is 1.57 bits per heavy atom. The molecule has 26 rings (SSSR count). The first-order valence-corrected chi connectivity index (χ1v) is 57.1. The number of aliphatic hydroxyl groups is 2. The molecule has 0 aromatic rings. The van der Waals surface area contributed by atoms with E-state index in [-0.39, 0.29) is 28.5 Å². The van der Waals surface area contributed by atoms with E-state index in [0.717, 1.165) is 164 Å². The smallest absolute Gasteiger partial charge is 0.311 e. The van der Waals surface area contributed by atoms with Crippen molar-refractivity contribution in [3.05, 3.63) is 108 Å². The molecule has 0 aromatic carbocycles. The number of carbonyl (C=O) groups excluding carboxylic acids is 2. The highest BCUT2D eigenvalue weighted by atomic mass is 16.5. The monoisotopic (exact) mass is 1780 g/mol. The van der Waals surface area contributed by atoms with E-state index in [1.165, 1.54) is 283 Å². The zero-order chi connectivity index (χ0) is 92.0. The molecule has 0 heterocycles. The highest BCUT2D eigenvalue weighted by Crippen LogP contribution is 2.71. The highest BCUT2D eigenvalue weighted by Gasteiger charge is 2.64. The van der Waals surface area contributed by atoms with Gasteiger partial charge in [0.1, 0.15) is 6.29 Å². The second-order valence-corrected chi connectivity index (χ2v) is 54.0. The van der Waals surface area contributed by atoms with Crippen molar-refractivity contribution in [2.24, 2.45) is 184 Å². The van der Waals surface area contributed by atoms with Crippen LogP contribution in [-0.2, 0) is 14.3 Å². The topological polar surface area (TPSA) is 83.8 Å². The van der Waals surface area contributed by atoms with E-state index in [0.29, 0.717) is 67.0 Å². The number of hydrogen-bond acceptors (Lipinski definition) is 5. The first kappa shape index (κ1) is 99.7. The Labute approximate surface area is 799 Å². The van der Waals surface area contributed by atoms with Gasteiger partial charge in [0.25, 0.3) is 0 Å². The Morgan fingerprint density at radius 1 is 0.469 bits per heavy atom. The van der Waals surface area contributed by atoms with Crippen molar-refractivity contribution in [2.45, 2.75) is 468 Å². The van der Waals surface area contributed by atoms with E-state index in [1.54, 1.807) is 61.5 Å². The summed E-state index contributed by atoms with van der Waals surface area (Å²) >= 11 is 0. The van der Waals surface area contributed by atoms with Crippen LogP contribution in [0.2, 0.25) is 0 Å². The molecule has 728 valence electrons. The van der Waals surface area contributed by atoms with Gasteiger partial charge in [-0.3, -0.25) is 4.79 Å². The molecule has 0 amide bonds. The zero-order valence-electron chi connectivity index (χ0n) is 86.7. The molecular weight excluding hydrogens is 1580 g/mol. The quantitative estimate of drug-likeness (QED) is 0.103. The lowest BCUT2D eigenvalue weighted by atomic mass is 9.41. The molecule has 23 fully saturated rings. The van der Waals surface area contributed by atoms with E-state index in [9.17, 15) is 19.8 Å². The van der Waals surface area contributed by atoms with Crippen molar-refractivity contribution in [2.75, 3.05) is 7.11 Å². The molecule has 23 atom stereocenters. The molecule has 14 bridgehead atoms. The maximum absolute atomic E-state index is 12.3. The van der Waals surface area contributed by atoms with Gasteiger partial charge in [-0.15, -0.1) is 19.7 Å². The van der Waals surface area contributed by atoms with Gasteiger partial charge in [-0.05, 0) is 482 Å². The molecule has 0 saturated heterocycles. The van der Waals surface area contributed by atoms with Crippen LogP contribution in [0.1, 0.15) is 456 Å². The van der Waals surface area contributed by atoms with Crippen molar-refractivity contribution in [3.8, 4) is 0 Å². The Hall–Kier alpha value is -3.28. The molecule has 0 aromatic heterocycles. The number of fused-ring (bicyclic) bond motifs is 10. The largest absolute Gasteiger partial charge is 0.469 e. The van der Waals surface area contributed by atoms with Gasteiger partial charge in [-0.1, -0.05) is 229 Å². The van der Waals surface area contributed by atoms with Crippen molar-refractivity contribution in [1.82, 2.24) is 0 Å². The van der Waals surface area contributed by atoms with Crippen LogP contribution >= 0.6 is 0 Å². The van der Waals surface area contributed by atoms with Crippen LogP contribution in [0.4, 0.5) is 0 Å². The second-order valence-electron chi connectivity index (χ2n) is 54.0. The van der Waals surface area contributed by atoms with E-state index in [1.807, 2.05) is 5.57 Å². The summed E-state index contributed by atoms with van der Waals surface area (Å²) in [5.74, 6) is 20.5. The van der Waals surface area contributed by atoms with Crippen molar-refractivity contribution >= 4 is 12.3 Å². The number of hydrogen-bond donors (Lipinski definition) is 2. The summed E-state index contributed by atoms with van der Waals surface area (Å²) in [6, 6.07) is 0. The fourth-order valence-corrected chi connectivity index (χ4v) is 38.2. The number of ether oxygens (including phenoxy) is 1. The SMILES string of the molecule is C=CC1(C)CC2CCC1C2.C=CC1(C)CC2CCCC2C1.C=CC1(C)CCC2CCCC21.CC/C=C/C1(C)CC2CCC1C2.CC/C=C\C1(C)C2CC3CC1CC(C(=O)OC)(C3)C2.CC1(C2=CCCCC2)CC2(O)CCC1C2.CC1(C=C2CCCC2)CC2CC(CC=O)CC2C1.CC1=C(C2(C)CC3CCCC3C2O)CCC1.CC1CC=C(C2(C)C3CC4CC(C3)CC2C4)CC1. The predicted octanol–water partition coefficient (Wildman–Crippen LogP) is 34.3. The summed E-state index contributed by atoms with van der Waals surface area (Å²) in [6.45, 7) is 42.9. The van der Waals surface area contributed by atoms with Crippen LogP contribution < -0.4 is 0 Å². The molecule has 0 aliphatic heterocycles. The molecular formula is C125H198O5. The summed E-state index contributed by atoms with van der Waals surface area (Å²) in [7, 11) is 1.55. The molecule has 0 spiro atoms. The van der Waals surface area contributed by atoms with Crippen LogP contribution in [0.25, 0.3) is 0 Å². The van der Waals surface area contributed by atoms with Crippen LogP contribution in [0.3, 0.4) is 0 Å². The predicted molar refractivity (Wildman–Crippen MR) is 547 cm³/mol. The Kier molecular flexibility index (Phi) is 31.4. The number of allylic oxidation sites excluding steroid dienone is 14. The minimum absolute atomic E-state index is 0.0527. The van der Waals surface area contributed by atoms with Crippen LogP contribution in [0, 0.1) is 184 Å². The van der Waals surface area contributed by atoms with E-state index in [4.69, 9.17) is 4.74 Å². The summed E-state index contributed by atoms with van der Waals surface area (Å²) in [5.41, 5.74) is 12.1. The van der Waals surface area contributed by atoms with Gasteiger partial charge in [0.05, 0.1) is 24.2 Å². The second kappa shape index (κ2) is 40.9. The molecule has 5 heteroatoms. The van der Waals surface area contributed by atoms with E-state index >= 15 is 0 Å². The fraction of sp³-hybridized carbons (Fsp3) is 0.840. The van der Waals surface area contributed by atoms with Gasteiger partial charge < -0.3 is 19.7 Å². The molecule has 2 N–H and O–H groups in total. The highest BCUT2D eigenvalue weighted by molar-refractivity contribution is 5.77. The van der Waals surface area contributed by atoms with Gasteiger partial charge in [-0.2, -0.15) is 0 Å². The molecule has 0 radical (unpaired) electrons. The summed E-state index contributed by atoms with van der Waals surface area (Å²) in [6.07, 6.45) is 102. The first-order chi connectivity index (χ1) is 62.1. The number of methoxy groups -OCH3 is 1. The summed E-state index contributed by atoms with van der Waals surface area (Å²) in [4.78, 5) is 22.9. The van der Waals surface area contributed by atoms with Crippen LogP contribution in [0.15, 0.2) is 108 Å². The van der Waals surface area contributed by atoms with Gasteiger partial charge in [0.2, 0.25) is 0 Å². The fourth-order valence-electron chi connectivity index (χ4n) is 38.2. The van der Waals surface area contributed by atoms with Crippen LogP contribution in [-0.4, -0.2) is 41.3 Å². The van der Waals surface area contributed by atoms with Gasteiger partial charge >= 0.3 is 5.97 Å².